The predicted octanol–water partition coefficient (Wildman–Crippen LogP) is 5.19. The van der Waals surface area contributed by atoms with Gasteiger partial charge < -0.3 is 14.8 Å². The van der Waals surface area contributed by atoms with Crippen molar-refractivity contribution in [2.24, 2.45) is 0 Å². The summed E-state index contributed by atoms with van der Waals surface area (Å²) in [6.45, 7) is 6.54. The first kappa shape index (κ1) is 17.6. The Bertz CT molecular complexity index is 731. The molecule has 0 atom stereocenters. The van der Waals surface area contributed by atoms with E-state index in [9.17, 15) is 0 Å². The van der Waals surface area contributed by atoms with Gasteiger partial charge in [-0.3, -0.25) is 0 Å². The minimum absolute atomic E-state index is 0.288. The molecule has 23 heavy (non-hydrogen) atoms. The molecule has 1 N–H and O–H groups in total. The maximum absolute atomic E-state index is 6.31. The van der Waals surface area contributed by atoms with E-state index in [1.54, 1.807) is 0 Å². The SMILES string of the molecule is COC(=S)Nc1cccc(Cl)c1COc1cc(C)c(C)cc1C. The van der Waals surface area contributed by atoms with Gasteiger partial charge in [0.25, 0.3) is 5.17 Å². The topological polar surface area (TPSA) is 30.5 Å². The summed E-state index contributed by atoms with van der Waals surface area (Å²) >= 11 is 11.4. The summed E-state index contributed by atoms with van der Waals surface area (Å²) in [4.78, 5) is 0. The van der Waals surface area contributed by atoms with Crippen LogP contribution in [0, 0.1) is 20.8 Å². The van der Waals surface area contributed by atoms with E-state index in [0.29, 0.717) is 11.6 Å². The smallest absolute Gasteiger partial charge is 0.260 e. The number of rotatable bonds is 4. The number of methoxy groups -OCH3 is 1. The molecular weight excluding hydrogens is 330 g/mol. The molecule has 0 saturated heterocycles. The van der Waals surface area contributed by atoms with E-state index in [1.165, 1.54) is 18.2 Å². The lowest BCUT2D eigenvalue weighted by Crippen LogP contribution is -2.13. The molecule has 2 rings (SSSR count). The Morgan fingerprint density at radius 3 is 2.52 bits per heavy atom. The van der Waals surface area contributed by atoms with E-state index in [-0.39, 0.29) is 5.17 Å². The summed E-state index contributed by atoms with van der Waals surface area (Å²) in [5, 5.41) is 3.93. The lowest BCUT2D eigenvalue weighted by Gasteiger charge is -2.16. The van der Waals surface area contributed by atoms with Crippen molar-refractivity contribution in [1.29, 1.82) is 0 Å². The van der Waals surface area contributed by atoms with Crippen molar-refractivity contribution in [3.8, 4) is 5.75 Å². The number of hydrogen-bond donors (Lipinski definition) is 1. The van der Waals surface area contributed by atoms with Crippen LogP contribution in [0.3, 0.4) is 0 Å². The molecule has 2 aromatic carbocycles. The summed E-state index contributed by atoms with van der Waals surface area (Å²) in [6.07, 6.45) is 0. The Morgan fingerprint density at radius 2 is 1.83 bits per heavy atom. The summed E-state index contributed by atoms with van der Waals surface area (Å²) < 4.78 is 11.0. The Kier molecular flexibility index (Phi) is 5.85. The van der Waals surface area contributed by atoms with Crippen LogP contribution < -0.4 is 10.1 Å². The quantitative estimate of drug-likeness (QED) is 0.770. The third-order valence-corrected chi connectivity index (χ3v) is 4.33. The molecule has 0 aromatic heterocycles. The van der Waals surface area contributed by atoms with E-state index < -0.39 is 0 Å². The minimum Gasteiger partial charge on any atom is -0.488 e. The van der Waals surface area contributed by atoms with Crippen LogP contribution in [0.15, 0.2) is 30.3 Å². The molecule has 0 radical (unpaired) electrons. The zero-order valence-electron chi connectivity index (χ0n) is 13.7. The zero-order valence-corrected chi connectivity index (χ0v) is 15.3. The number of nitrogens with one attached hydrogen (secondary N) is 1. The second-order valence-corrected chi connectivity index (χ2v) is 6.15. The highest BCUT2D eigenvalue weighted by atomic mass is 35.5. The van der Waals surface area contributed by atoms with Gasteiger partial charge >= 0.3 is 0 Å². The highest BCUT2D eigenvalue weighted by Gasteiger charge is 2.11. The lowest BCUT2D eigenvalue weighted by atomic mass is 10.1. The van der Waals surface area contributed by atoms with Gasteiger partial charge in [0.05, 0.1) is 7.11 Å². The fourth-order valence-corrected chi connectivity index (χ4v) is 2.56. The van der Waals surface area contributed by atoms with Crippen molar-refractivity contribution in [2.45, 2.75) is 27.4 Å². The molecule has 0 amide bonds. The normalized spacial score (nSPS) is 10.3. The van der Waals surface area contributed by atoms with Crippen LogP contribution in [0.1, 0.15) is 22.3 Å². The molecule has 2 aromatic rings. The molecule has 0 fully saturated rings. The van der Waals surface area contributed by atoms with Gasteiger partial charge in [0.15, 0.2) is 0 Å². The van der Waals surface area contributed by atoms with Crippen molar-refractivity contribution < 1.29 is 9.47 Å². The molecule has 0 heterocycles. The minimum atomic E-state index is 0.288. The van der Waals surface area contributed by atoms with Crippen LogP contribution in [-0.4, -0.2) is 12.3 Å². The summed E-state index contributed by atoms with van der Waals surface area (Å²) in [7, 11) is 1.52. The molecule has 0 aliphatic rings. The second kappa shape index (κ2) is 7.66. The molecule has 3 nitrogen and oxygen atoms in total. The fraction of sp³-hybridized carbons (Fsp3) is 0.278. The highest BCUT2D eigenvalue weighted by molar-refractivity contribution is 7.80. The second-order valence-electron chi connectivity index (χ2n) is 5.37. The van der Waals surface area contributed by atoms with Crippen LogP contribution in [0.2, 0.25) is 5.02 Å². The van der Waals surface area contributed by atoms with Gasteiger partial charge in [0.1, 0.15) is 12.4 Å². The first-order chi connectivity index (χ1) is 10.9. The lowest BCUT2D eigenvalue weighted by molar-refractivity contribution is 0.304. The third kappa shape index (κ3) is 4.36. The number of aryl methyl sites for hydroxylation is 3. The molecule has 0 aliphatic carbocycles. The van der Waals surface area contributed by atoms with Crippen molar-refractivity contribution in [1.82, 2.24) is 0 Å². The van der Waals surface area contributed by atoms with Crippen molar-refractivity contribution in [3.63, 3.8) is 0 Å². The molecule has 0 saturated carbocycles. The number of thiocarbonyl (C=S) groups is 1. The fourth-order valence-electron chi connectivity index (χ4n) is 2.22. The van der Waals surface area contributed by atoms with Crippen LogP contribution >= 0.6 is 23.8 Å². The van der Waals surface area contributed by atoms with Crippen molar-refractivity contribution >= 4 is 34.7 Å². The average molecular weight is 350 g/mol. The number of anilines is 1. The number of hydrogen-bond acceptors (Lipinski definition) is 3. The largest absolute Gasteiger partial charge is 0.488 e. The Hall–Kier alpha value is -1.78. The molecule has 0 spiro atoms. The molecule has 122 valence electrons. The van der Waals surface area contributed by atoms with Gasteiger partial charge in [-0.15, -0.1) is 0 Å². The van der Waals surface area contributed by atoms with Crippen LogP contribution in [0.4, 0.5) is 5.69 Å². The molecule has 0 unspecified atom stereocenters. The van der Waals surface area contributed by atoms with Crippen molar-refractivity contribution in [3.05, 3.63) is 57.6 Å². The first-order valence-corrected chi connectivity index (χ1v) is 8.04. The van der Waals surface area contributed by atoms with Gasteiger partial charge in [-0.25, -0.2) is 0 Å². The van der Waals surface area contributed by atoms with Crippen LogP contribution in [0.5, 0.6) is 5.75 Å². The van der Waals surface area contributed by atoms with Gasteiger partial charge in [0.2, 0.25) is 0 Å². The molecular formula is C18H20ClNO2S. The Labute approximate surface area is 147 Å². The summed E-state index contributed by atoms with van der Waals surface area (Å²) in [5.41, 5.74) is 5.17. The molecule has 0 aliphatic heterocycles. The number of ether oxygens (including phenoxy) is 2. The van der Waals surface area contributed by atoms with E-state index >= 15 is 0 Å². The van der Waals surface area contributed by atoms with Crippen LogP contribution in [0.25, 0.3) is 0 Å². The standard InChI is InChI=1S/C18H20ClNO2S/c1-11-8-13(3)17(9-12(11)2)22-10-14-15(19)6-5-7-16(14)20-18(23)21-4/h5-9H,10H2,1-4H3,(H,20,23). The maximum atomic E-state index is 6.31. The first-order valence-electron chi connectivity index (χ1n) is 7.25. The molecule has 0 bridgehead atoms. The summed E-state index contributed by atoms with van der Waals surface area (Å²) in [6, 6.07) is 9.75. The van der Waals surface area contributed by atoms with E-state index in [0.717, 1.165) is 22.6 Å². The van der Waals surface area contributed by atoms with Gasteiger partial charge in [-0.05, 0) is 67.9 Å². The summed E-state index contributed by atoms with van der Waals surface area (Å²) in [5.74, 6) is 0.855. The van der Waals surface area contributed by atoms with E-state index in [4.69, 9.17) is 33.3 Å². The van der Waals surface area contributed by atoms with Crippen LogP contribution in [-0.2, 0) is 11.3 Å². The monoisotopic (exact) mass is 349 g/mol. The third-order valence-electron chi connectivity index (χ3n) is 3.70. The van der Waals surface area contributed by atoms with E-state index in [2.05, 4.69) is 31.3 Å². The predicted molar refractivity (Wildman–Crippen MR) is 99.7 cm³/mol. The van der Waals surface area contributed by atoms with Crippen molar-refractivity contribution in [2.75, 3.05) is 12.4 Å². The molecule has 5 heteroatoms. The number of halogens is 1. The zero-order chi connectivity index (χ0) is 17.0. The van der Waals surface area contributed by atoms with Gasteiger partial charge in [-0.1, -0.05) is 23.7 Å². The Balaban J connectivity index is 2.23. The van der Waals surface area contributed by atoms with Gasteiger partial charge in [0, 0.05) is 16.3 Å². The van der Waals surface area contributed by atoms with Gasteiger partial charge in [-0.2, -0.15) is 0 Å². The highest BCUT2D eigenvalue weighted by Crippen LogP contribution is 2.28. The maximum Gasteiger partial charge on any atom is 0.260 e. The average Bonchev–Trinajstić information content (AvgIpc) is 2.51. The Morgan fingerprint density at radius 1 is 1.13 bits per heavy atom. The number of benzene rings is 2. The van der Waals surface area contributed by atoms with E-state index in [1.807, 2.05) is 25.1 Å².